The Balaban J connectivity index is 2.05. The molecule has 2 atom stereocenters. The maximum Gasteiger partial charge on any atom is 0.408 e. The van der Waals surface area contributed by atoms with Crippen LogP contribution in [-0.4, -0.2) is 98.9 Å². The summed E-state index contributed by atoms with van der Waals surface area (Å²) in [5, 5.41) is 13.1. The first-order chi connectivity index (χ1) is 24.6. The number of carboxylic acid groups (broad SMARTS) is 1. The van der Waals surface area contributed by atoms with Gasteiger partial charge in [-0.2, -0.15) is 0 Å². The lowest BCUT2D eigenvalue weighted by Gasteiger charge is -2.33. The van der Waals surface area contributed by atoms with Crippen molar-refractivity contribution in [1.82, 2.24) is 19.8 Å². The van der Waals surface area contributed by atoms with Gasteiger partial charge in [0, 0.05) is 42.8 Å². The van der Waals surface area contributed by atoms with Crippen LogP contribution in [0.3, 0.4) is 0 Å². The average molecular weight is 808 g/mol. The maximum absolute atomic E-state index is 14.2. The van der Waals surface area contributed by atoms with Gasteiger partial charge in [-0.15, -0.1) is 0 Å². The number of carbonyl (C=O) groups excluding carboxylic acids is 2. The lowest BCUT2D eigenvalue weighted by Crippen LogP contribution is -2.59. The topological polar surface area (TPSA) is 155 Å². The number of halogens is 5. The van der Waals surface area contributed by atoms with Crippen LogP contribution in [0.1, 0.15) is 25.0 Å². The Bertz CT molecular complexity index is 1740. The quantitative estimate of drug-likeness (QED) is 0.123. The Kier molecular flexibility index (Phi) is 17.0. The number of amides is 3. The first-order valence-electron chi connectivity index (χ1n) is 16.0. The number of nitrogens with zero attached hydrogens (tertiary/aromatic N) is 2. The fourth-order valence-electron chi connectivity index (χ4n) is 5.07. The summed E-state index contributed by atoms with van der Waals surface area (Å²) in [6, 6.07) is 14.7. The molecule has 3 N–H and O–H groups in total. The van der Waals surface area contributed by atoms with Crippen molar-refractivity contribution in [3.63, 3.8) is 0 Å². The number of hydrogen-bond donors (Lipinski definition) is 3. The van der Waals surface area contributed by atoms with Gasteiger partial charge in [0.05, 0.1) is 18.1 Å². The van der Waals surface area contributed by atoms with Gasteiger partial charge in [0.1, 0.15) is 17.0 Å². The highest BCUT2D eigenvalue weighted by Gasteiger charge is 2.36. The molecule has 3 rings (SSSR count). The molecule has 0 aliphatic carbocycles. The Morgan fingerprint density at radius 3 is 2.04 bits per heavy atom. The standard InChI is InChI=1S/C34H39Cl3F2N4O8S/c1-3-50-31(51-4-2)21-42(20-30(38)39)33(45)27(16-22-10-12-24(35)13-11-22)41-32(44)28(43(34(46)47)19-23-8-6-5-7-9-23)18-40-52(48,49)29-15-14-25(36)17-26(29)37/h5-15,17,27-28,30-31,40H,3-4,16,18-21H2,1-2H3,(H,41,44)(H,46,47). The number of sulfonamides is 1. The van der Waals surface area contributed by atoms with E-state index >= 15 is 0 Å². The molecule has 0 fully saturated rings. The Labute approximate surface area is 316 Å². The summed E-state index contributed by atoms with van der Waals surface area (Å²) in [5.74, 6) is -2.05. The highest BCUT2D eigenvalue weighted by Crippen LogP contribution is 2.25. The van der Waals surface area contributed by atoms with Crippen molar-refractivity contribution in [3.05, 3.63) is 99.0 Å². The molecule has 3 amide bonds. The molecule has 0 aromatic heterocycles. The third kappa shape index (κ3) is 13.1. The SMILES string of the molecule is CCOC(CN(CC(F)F)C(=O)C(Cc1ccc(Cl)cc1)NC(=O)C(CNS(=O)(=O)c1ccc(Cl)cc1Cl)N(Cc1ccccc1)C(=O)O)OCC. The Morgan fingerprint density at radius 2 is 1.48 bits per heavy atom. The van der Waals surface area contributed by atoms with E-state index in [4.69, 9.17) is 44.3 Å². The smallest absolute Gasteiger partial charge is 0.408 e. The van der Waals surface area contributed by atoms with Gasteiger partial charge in [-0.05, 0) is 55.3 Å². The van der Waals surface area contributed by atoms with E-state index in [-0.39, 0.29) is 41.1 Å². The van der Waals surface area contributed by atoms with Crippen LogP contribution in [0, 0.1) is 0 Å². The molecule has 12 nitrogen and oxygen atoms in total. The van der Waals surface area contributed by atoms with Crippen LogP contribution in [0.2, 0.25) is 15.1 Å². The number of benzene rings is 3. The maximum atomic E-state index is 14.2. The number of ether oxygens (including phenoxy) is 2. The van der Waals surface area contributed by atoms with E-state index in [1.807, 2.05) is 0 Å². The molecule has 52 heavy (non-hydrogen) atoms. The molecule has 3 aromatic rings. The van der Waals surface area contributed by atoms with Crippen molar-refractivity contribution in [3.8, 4) is 0 Å². The van der Waals surface area contributed by atoms with E-state index < -0.39 is 72.4 Å². The summed E-state index contributed by atoms with van der Waals surface area (Å²) >= 11 is 18.1. The lowest BCUT2D eigenvalue weighted by atomic mass is 10.0. The second kappa shape index (κ2) is 20.6. The zero-order valence-electron chi connectivity index (χ0n) is 28.2. The molecular formula is C34H39Cl3F2N4O8S. The molecule has 2 unspecified atom stereocenters. The fourth-order valence-corrected chi connectivity index (χ4v) is 7.00. The van der Waals surface area contributed by atoms with Crippen LogP contribution >= 0.6 is 34.8 Å². The minimum atomic E-state index is -4.46. The van der Waals surface area contributed by atoms with Crippen LogP contribution in [0.25, 0.3) is 0 Å². The lowest BCUT2D eigenvalue weighted by molar-refractivity contribution is -0.163. The minimum absolute atomic E-state index is 0.150. The Hall–Kier alpha value is -3.57. The third-order valence-electron chi connectivity index (χ3n) is 7.48. The third-order valence-corrected chi connectivity index (χ3v) is 9.88. The van der Waals surface area contributed by atoms with Crippen molar-refractivity contribution < 1.29 is 46.2 Å². The molecule has 0 heterocycles. The van der Waals surface area contributed by atoms with Gasteiger partial charge in [0.2, 0.25) is 21.8 Å². The van der Waals surface area contributed by atoms with Gasteiger partial charge in [-0.25, -0.2) is 26.7 Å². The molecule has 284 valence electrons. The van der Waals surface area contributed by atoms with Crippen molar-refractivity contribution in [2.45, 2.75) is 56.5 Å². The average Bonchev–Trinajstić information content (AvgIpc) is 3.08. The van der Waals surface area contributed by atoms with E-state index in [0.29, 0.717) is 21.0 Å². The zero-order chi connectivity index (χ0) is 38.4. The summed E-state index contributed by atoms with van der Waals surface area (Å²) in [4.78, 5) is 42.1. The predicted molar refractivity (Wildman–Crippen MR) is 192 cm³/mol. The molecule has 18 heteroatoms. The summed E-state index contributed by atoms with van der Waals surface area (Å²) in [5.41, 5.74) is 0.932. The van der Waals surface area contributed by atoms with Crippen LogP contribution in [-0.2, 0) is 42.1 Å². The predicted octanol–water partition coefficient (Wildman–Crippen LogP) is 5.69. The molecular weight excluding hydrogens is 769 g/mol. The number of alkyl halides is 2. The van der Waals surface area contributed by atoms with Gasteiger partial charge < -0.3 is 24.8 Å². The first kappa shape index (κ1) is 42.8. The van der Waals surface area contributed by atoms with E-state index in [0.717, 1.165) is 11.0 Å². The molecule has 0 saturated carbocycles. The number of hydrogen-bond acceptors (Lipinski definition) is 7. The number of rotatable bonds is 20. The fraction of sp³-hybridized carbons (Fsp3) is 0.382. The second-order valence-corrected chi connectivity index (χ2v) is 14.2. The molecule has 3 aromatic carbocycles. The van der Waals surface area contributed by atoms with E-state index in [9.17, 15) is 36.7 Å². The second-order valence-electron chi connectivity index (χ2n) is 11.2. The van der Waals surface area contributed by atoms with Crippen molar-refractivity contribution in [2.24, 2.45) is 0 Å². The summed E-state index contributed by atoms with van der Waals surface area (Å²) in [6.45, 7) is 0.985. The minimum Gasteiger partial charge on any atom is -0.465 e. The zero-order valence-corrected chi connectivity index (χ0v) is 31.3. The molecule has 0 aliphatic rings. The van der Waals surface area contributed by atoms with Gasteiger partial charge in [0.15, 0.2) is 6.29 Å². The van der Waals surface area contributed by atoms with Crippen LogP contribution in [0.15, 0.2) is 77.7 Å². The van der Waals surface area contributed by atoms with Gasteiger partial charge in [-0.3, -0.25) is 14.5 Å². The largest absolute Gasteiger partial charge is 0.465 e. The van der Waals surface area contributed by atoms with Gasteiger partial charge >= 0.3 is 6.09 Å². The number of carbonyl (C=O) groups is 3. The summed E-state index contributed by atoms with van der Waals surface area (Å²) < 4.78 is 67.6. The van der Waals surface area contributed by atoms with Gasteiger partial charge in [-0.1, -0.05) is 77.3 Å². The highest BCUT2D eigenvalue weighted by atomic mass is 35.5. The first-order valence-corrected chi connectivity index (χ1v) is 18.6. The molecule has 0 bridgehead atoms. The van der Waals surface area contributed by atoms with Crippen LogP contribution in [0.5, 0.6) is 0 Å². The molecule has 0 aliphatic heterocycles. The van der Waals surface area contributed by atoms with Crippen LogP contribution in [0.4, 0.5) is 13.6 Å². The monoisotopic (exact) mass is 806 g/mol. The van der Waals surface area contributed by atoms with Gasteiger partial charge in [0.25, 0.3) is 6.43 Å². The van der Waals surface area contributed by atoms with Crippen molar-refractivity contribution >= 4 is 62.7 Å². The molecule has 0 radical (unpaired) electrons. The van der Waals surface area contributed by atoms with Crippen molar-refractivity contribution in [1.29, 1.82) is 0 Å². The Morgan fingerprint density at radius 1 is 0.865 bits per heavy atom. The molecule has 0 spiro atoms. The van der Waals surface area contributed by atoms with E-state index in [1.165, 1.54) is 24.3 Å². The number of nitrogens with one attached hydrogen (secondary N) is 2. The highest BCUT2D eigenvalue weighted by molar-refractivity contribution is 7.89. The summed E-state index contributed by atoms with van der Waals surface area (Å²) in [6.07, 6.45) is -5.88. The van der Waals surface area contributed by atoms with Crippen LogP contribution < -0.4 is 10.0 Å². The van der Waals surface area contributed by atoms with E-state index in [1.54, 1.807) is 56.3 Å². The normalized spacial score (nSPS) is 12.8. The van der Waals surface area contributed by atoms with E-state index in [2.05, 4.69) is 10.0 Å². The molecule has 0 saturated heterocycles. The summed E-state index contributed by atoms with van der Waals surface area (Å²) in [7, 11) is -4.46. The van der Waals surface area contributed by atoms with Crippen molar-refractivity contribution in [2.75, 3.05) is 32.8 Å².